The van der Waals surface area contributed by atoms with Crippen LogP contribution in [0.15, 0.2) is 45.9 Å². The van der Waals surface area contributed by atoms with Crippen molar-refractivity contribution in [3.05, 3.63) is 47.9 Å². The molecule has 1 unspecified atom stereocenters. The topological polar surface area (TPSA) is 112 Å². The van der Waals surface area contributed by atoms with Crippen molar-refractivity contribution in [3.8, 4) is 5.75 Å². The Hall–Kier alpha value is -2.48. The largest absolute Gasteiger partial charge is 0.493 e. The zero-order chi connectivity index (χ0) is 18.4. The molecule has 0 fully saturated rings. The van der Waals surface area contributed by atoms with Gasteiger partial charge in [-0.05, 0) is 43.2 Å². The highest BCUT2D eigenvalue weighted by Crippen LogP contribution is 2.33. The summed E-state index contributed by atoms with van der Waals surface area (Å²) in [6, 6.07) is 7.76. The number of hydrogen-bond acceptors (Lipinski definition) is 5. The fourth-order valence-electron chi connectivity index (χ4n) is 2.59. The van der Waals surface area contributed by atoms with Gasteiger partial charge in [0, 0.05) is 5.92 Å². The van der Waals surface area contributed by atoms with Gasteiger partial charge in [-0.2, -0.15) is 0 Å². The van der Waals surface area contributed by atoms with E-state index in [1.807, 2.05) is 19.1 Å². The predicted molar refractivity (Wildman–Crippen MR) is 93.2 cm³/mol. The van der Waals surface area contributed by atoms with Gasteiger partial charge in [0.25, 0.3) is 0 Å². The summed E-state index contributed by atoms with van der Waals surface area (Å²) in [5.74, 6) is 0.324. The van der Waals surface area contributed by atoms with E-state index in [1.54, 1.807) is 31.4 Å². The SMILES string of the molecule is CCOc1ccc(C(CC)c2ccco2)cc1S(=O)(=O)CNC(N)=O. The van der Waals surface area contributed by atoms with Gasteiger partial charge in [0.1, 0.15) is 22.3 Å². The maximum absolute atomic E-state index is 12.6. The molecule has 0 saturated carbocycles. The number of rotatable bonds is 8. The number of ether oxygens (including phenoxy) is 1. The number of hydrogen-bond donors (Lipinski definition) is 2. The lowest BCUT2D eigenvalue weighted by Crippen LogP contribution is -2.34. The third kappa shape index (κ3) is 4.54. The van der Waals surface area contributed by atoms with Crippen molar-refractivity contribution in [1.29, 1.82) is 0 Å². The molecule has 7 nitrogen and oxygen atoms in total. The van der Waals surface area contributed by atoms with E-state index in [2.05, 4.69) is 5.32 Å². The molecule has 0 aliphatic carbocycles. The molecule has 25 heavy (non-hydrogen) atoms. The zero-order valence-electron chi connectivity index (χ0n) is 14.2. The number of sulfone groups is 1. The van der Waals surface area contributed by atoms with Crippen molar-refractivity contribution >= 4 is 15.9 Å². The van der Waals surface area contributed by atoms with Crippen LogP contribution in [-0.4, -0.2) is 26.9 Å². The minimum absolute atomic E-state index is 0.0191. The summed E-state index contributed by atoms with van der Waals surface area (Å²) in [6.45, 7) is 4.08. The van der Waals surface area contributed by atoms with E-state index >= 15 is 0 Å². The maximum atomic E-state index is 12.6. The summed E-state index contributed by atoms with van der Waals surface area (Å²) in [6.07, 6.45) is 2.32. The minimum atomic E-state index is -3.81. The van der Waals surface area contributed by atoms with Crippen LogP contribution in [0.3, 0.4) is 0 Å². The van der Waals surface area contributed by atoms with Crippen LogP contribution in [0.25, 0.3) is 0 Å². The van der Waals surface area contributed by atoms with Crippen molar-refractivity contribution in [3.63, 3.8) is 0 Å². The second-order valence-corrected chi connectivity index (χ2v) is 7.37. The Morgan fingerprint density at radius 1 is 1.32 bits per heavy atom. The molecular formula is C17H22N2O5S. The van der Waals surface area contributed by atoms with Gasteiger partial charge >= 0.3 is 6.03 Å². The van der Waals surface area contributed by atoms with E-state index in [1.165, 1.54) is 0 Å². The summed E-state index contributed by atoms with van der Waals surface area (Å²) in [7, 11) is -3.81. The van der Waals surface area contributed by atoms with Gasteiger partial charge in [0.05, 0.1) is 12.9 Å². The lowest BCUT2D eigenvalue weighted by molar-refractivity contribution is 0.250. The molecule has 1 aromatic heterocycles. The van der Waals surface area contributed by atoms with Gasteiger partial charge in [-0.3, -0.25) is 0 Å². The first kappa shape index (κ1) is 18.9. The highest BCUT2D eigenvalue weighted by atomic mass is 32.2. The number of nitrogens with one attached hydrogen (secondary N) is 1. The fourth-order valence-corrected chi connectivity index (χ4v) is 3.83. The first-order valence-electron chi connectivity index (χ1n) is 7.95. The second-order valence-electron chi connectivity index (χ2n) is 5.42. The highest BCUT2D eigenvalue weighted by Gasteiger charge is 2.24. The monoisotopic (exact) mass is 366 g/mol. The summed E-state index contributed by atoms with van der Waals surface area (Å²) in [4.78, 5) is 10.9. The van der Waals surface area contributed by atoms with Gasteiger partial charge in [0.2, 0.25) is 0 Å². The van der Waals surface area contributed by atoms with Crippen molar-refractivity contribution in [1.82, 2.24) is 5.32 Å². The number of nitrogens with two attached hydrogens (primary N) is 1. The molecule has 1 atom stereocenters. The molecule has 0 aliphatic rings. The van der Waals surface area contributed by atoms with E-state index in [0.29, 0.717) is 6.61 Å². The van der Waals surface area contributed by atoms with Crippen molar-refractivity contribution in [2.24, 2.45) is 5.73 Å². The Kier molecular flexibility index (Phi) is 6.08. The number of benzene rings is 1. The summed E-state index contributed by atoms with van der Waals surface area (Å²) >= 11 is 0. The Labute approximate surface area is 147 Å². The van der Waals surface area contributed by atoms with Crippen molar-refractivity contribution < 1.29 is 22.4 Å². The van der Waals surface area contributed by atoms with E-state index in [4.69, 9.17) is 14.9 Å². The van der Waals surface area contributed by atoms with Gasteiger partial charge in [-0.15, -0.1) is 0 Å². The zero-order valence-corrected chi connectivity index (χ0v) is 15.0. The average Bonchev–Trinajstić information content (AvgIpc) is 3.09. The van der Waals surface area contributed by atoms with Crippen LogP contribution >= 0.6 is 0 Å². The third-order valence-electron chi connectivity index (χ3n) is 3.74. The van der Waals surface area contributed by atoms with Gasteiger partial charge in [-0.25, -0.2) is 13.2 Å². The van der Waals surface area contributed by atoms with Gasteiger partial charge < -0.3 is 20.2 Å². The molecule has 3 N–H and O–H groups in total. The molecule has 0 radical (unpaired) electrons. The number of urea groups is 1. The minimum Gasteiger partial charge on any atom is -0.493 e. The average molecular weight is 366 g/mol. The molecule has 8 heteroatoms. The van der Waals surface area contributed by atoms with E-state index in [0.717, 1.165) is 17.7 Å². The maximum Gasteiger partial charge on any atom is 0.313 e. The molecule has 2 aromatic rings. The molecular weight excluding hydrogens is 344 g/mol. The molecule has 0 saturated heterocycles. The van der Waals surface area contributed by atoms with Crippen LogP contribution in [0.1, 0.15) is 37.5 Å². The molecule has 0 spiro atoms. The Balaban J connectivity index is 2.47. The lowest BCUT2D eigenvalue weighted by atomic mass is 9.94. The molecule has 1 aromatic carbocycles. The van der Waals surface area contributed by atoms with Crippen molar-refractivity contribution in [2.75, 3.05) is 12.5 Å². The van der Waals surface area contributed by atoms with E-state index in [-0.39, 0.29) is 16.6 Å². The molecule has 0 bridgehead atoms. The molecule has 2 amide bonds. The number of furan rings is 1. The number of carbonyl (C=O) groups is 1. The van der Waals surface area contributed by atoms with E-state index in [9.17, 15) is 13.2 Å². The second kappa shape index (κ2) is 8.06. The summed E-state index contributed by atoms with van der Waals surface area (Å²) in [5.41, 5.74) is 5.77. The normalized spacial score (nSPS) is 12.6. The van der Waals surface area contributed by atoms with Crippen LogP contribution in [-0.2, 0) is 9.84 Å². The Bertz CT molecular complexity index is 816. The van der Waals surface area contributed by atoms with Crippen molar-refractivity contribution in [2.45, 2.75) is 31.1 Å². The van der Waals surface area contributed by atoms with Gasteiger partial charge in [0.15, 0.2) is 9.84 Å². The smallest absolute Gasteiger partial charge is 0.313 e. The number of carbonyl (C=O) groups excluding carboxylic acids is 1. The summed E-state index contributed by atoms with van der Waals surface area (Å²) < 4.78 is 36.1. The van der Waals surface area contributed by atoms with Crippen LogP contribution in [0.4, 0.5) is 4.79 Å². The quantitative estimate of drug-likeness (QED) is 0.746. The first-order chi connectivity index (χ1) is 11.9. The first-order valence-corrected chi connectivity index (χ1v) is 9.60. The van der Waals surface area contributed by atoms with Gasteiger partial charge in [-0.1, -0.05) is 13.0 Å². The Morgan fingerprint density at radius 2 is 2.08 bits per heavy atom. The molecule has 136 valence electrons. The number of amides is 2. The third-order valence-corrected chi connectivity index (χ3v) is 5.25. The highest BCUT2D eigenvalue weighted by molar-refractivity contribution is 7.91. The van der Waals surface area contributed by atoms with Crippen LogP contribution in [0.2, 0.25) is 0 Å². The molecule has 0 aliphatic heterocycles. The van der Waals surface area contributed by atoms with Crippen LogP contribution in [0, 0.1) is 0 Å². The lowest BCUT2D eigenvalue weighted by Gasteiger charge is -2.17. The number of primary amides is 1. The standard InChI is InChI=1S/C17H22N2O5S/c1-3-13(14-6-5-9-24-14)12-7-8-15(23-4-2)16(10-12)25(21,22)11-19-17(18)20/h5-10,13H,3-4,11H2,1-2H3,(H3,18,19,20). The fraction of sp³-hybridized carbons (Fsp3) is 0.353. The molecule has 2 rings (SSSR count). The van der Waals surface area contributed by atoms with Crippen LogP contribution < -0.4 is 15.8 Å². The predicted octanol–water partition coefficient (Wildman–Crippen LogP) is 2.62. The Morgan fingerprint density at radius 3 is 2.64 bits per heavy atom. The van der Waals surface area contributed by atoms with Crippen LogP contribution in [0.5, 0.6) is 5.75 Å². The van der Waals surface area contributed by atoms with E-state index < -0.39 is 21.7 Å². The molecule has 1 heterocycles. The summed E-state index contributed by atoms with van der Waals surface area (Å²) in [5, 5.41) is 2.12.